The summed E-state index contributed by atoms with van der Waals surface area (Å²) in [5.41, 5.74) is 15.9. The van der Waals surface area contributed by atoms with E-state index in [2.05, 4.69) is 158 Å². The fourth-order valence-corrected chi connectivity index (χ4v) is 9.69. The van der Waals surface area contributed by atoms with E-state index >= 15 is 0 Å². The van der Waals surface area contributed by atoms with E-state index in [9.17, 15) is 0 Å². The third-order valence-electron chi connectivity index (χ3n) is 12.1. The molecule has 0 unspecified atom stereocenters. The number of para-hydroxylation sites is 2. The molecule has 1 spiro atoms. The number of hydrogen-bond acceptors (Lipinski definition) is 4. The maximum atomic E-state index is 6.69. The minimum atomic E-state index is -0.619. The van der Waals surface area contributed by atoms with Gasteiger partial charge in [-0.25, -0.2) is 15.0 Å². The van der Waals surface area contributed by atoms with Crippen LogP contribution in [0.2, 0.25) is 0 Å². The summed E-state index contributed by atoms with van der Waals surface area (Å²) in [4.78, 5) is 15.2. The minimum absolute atomic E-state index is 0.113. The van der Waals surface area contributed by atoms with Crippen molar-refractivity contribution >= 4 is 0 Å². The summed E-state index contributed by atoms with van der Waals surface area (Å²) in [5.74, 6) is 3.78. The van der Waals surface area contributed by atoms with Gasteiger partial charge in [0.05, 0.1) is 5.41 Å². The first-order valence-corrected chi connectivity index (χ1v) is 19.5. The minimum Gasteiger partial charge on any atom is -0.457 e. The Morgan fingerprint density at radius 1 is 0.351 bits per heavy atom. The van der Waals surface area contributed by atoms with Gasteiger partial charge in [-0.05, 0) is 68.3 Å². The second-order valence-corrected chi connectivity index (χ2v) is 15.1. The molecule has 3 aliphatic rings. The highest BCUT2D eigenvalue weighted by Crippen LogP contribution is 2.63. The van der Waals surface area contributed by atoms with E-state index in [1.54, 1.807) is 0 Å². The molecule has 0 fully saturated rings. The lowest BCUT2D eigenvalue weighted by Crippen LogP contribution is -2.32. The number of hydrogen-bond donors (Lipinski definition) is 0. The lowest BCUT2D eigenvalue weighted by Gasteiger charge is -2.39. The van der Waals surface area contributed by atoms with Gasteiger partial charge in [-0.1, -0.05) is 176 Å². The van der Waals surface area contributed by atoms with Gasteiger partial charge in [-0.3, -0.25) is 0 Å². The van der Waals surface area contributed by atoms with E-state index in [4.69, 9.17) is 19.7 Å². The van der Waals surface area contributed by atoms with Crippen molar-refractivity contribution in [1.29, 1.82) is 0 Å². The average Bonchev–Trinajstić information content (AvgIpc) is 3.77. The molecule has 1 aromatic heterocycles. The molecule has 12 rings (SSSR count). The number of ether oxygens (including phenoxy) is 1. The van der Waals surface area contributed by atoms with Gasteiger partial charge in [-0.15, -0.1) is 0 Å². The highest BCUT2D eigenvalue weighted by molar-refractivity contribution is 5.91. The van der Waals surface area contributed by atoms with Crippen LogP contribution in [-0.4, -0.2) is 15.0 Å². The predicted octanol–water partition coefficient (Wildman–Crippen LogP) is 12.5. The highest BCUT2D eigenvalue weighted by atomic mass is 16.5. The Labute approximate surface area is 330 Å². The third-order valence-corrected chi connectivity index (χ3v) is 12.1. The van der Waals surface area contributed by atoms with E-state index < -0.39 is 5.41 Å². The normalized spacial score (nSPS) is 13.8. The number of nitrogens with zero attached hydrogens (tertiary/aromatic N) is 3. The van der Waals surface area contributed by atoms with Crippen LogP contribution in [0.5, 0.6) is 11.5 Å². The highest BCUT2D eigenvalue weighted by Gasteiger charge is 2.51. The summed E-state index contributed by atoms with van der Waals surface area (Å²) in [6, 6.07) is 69.2. The molecule has 0 N–H and O–H groups in total. The number of aromatic nitrogens is 3. The van der Waals surface area contributed by atoms with Gasteiger partial charge in [0.15, 0.2) is 17.5 Å². The summed E-state index contributed by atoms with van der Waals surface area (Å²) in [7, 11) is 0. The Hall–Kier alpha value is -7.43. The molecule has 2 heterocycles. The van der Waals surface area contributed by atoms with Crippen molar-refractivity contribution in [3.8, 4) is 67.9 Å². The Balaban J connectivity index is 1.12. The van der Waals surface area contributed by atoms with Crippen molar-refractivity contribution < 1.29 is 4.74 Å². The van der Waals surface area contributed by atoms with Gasteiger partial charge in [0.2, 0.25) is 0 Å². The van der Waals surface area contributed by atoms with E-state index in [0.29, 0.717) is 17.5 Å². The average molecular weight is 728 g/mol. The summed E-state index contributed by atoms with van der Waals surface area (Å²) < 4.78 is 6.69. The Morgan fingerprint density at radius 3 is 1.46 bits per heavy atom. The summed E-state index contributed by atoms with van der Waals surface area (Å²) in [6.07, 6.45) is 0. The maximum Gasteiger partial charge on any atom is 0.164 e. The molecule has 0 saturated heterocycles. The first-order chi connectivity index (χ1) is 28.3. The molecular formula is C53H33N3O. The van der Waals surface area contributed by atoms with Gasteiger partial charge in [-0.2, -0.15) is 0 Å². The van der Waals surface area contributed by atoms with Gasteiger partial charge in [0.1, 0.15) is 11.5 Å². The van der Waals surface area contributed by atoms with Crippen molar-refractivity contribution in [2.45, 2.75) is 11.3 Å². The second-order valence-electron chi connectivity index (χ2n) is 15.1. The lowest BCUT2D eigenvalue weighted by atomic mass is 9.65. The van der Waals surface area contributed by atoms with Crippen LogP contribution in [0.25, 0.3) is 56.4 Å². The summed E-state index contributed by atoms with van der Waals surface area (Å²) >= 11 is 0. The van der Waals surface area contributed by atoms with Crippen molar-refractivity contribution in [3.63, 3.8) is 0 Å². The van der Waals surface area contributed by atoms with Crippen LogP contribution in [0, 0.1) is 0 Å². The number of rotatable bonds is 4. The SMILES string of the molecule is c1ccc(-c2nc(-c3ccccc3)nc(-c3ccc4c(c3)-c3ccc(C5c6ccccc6-c6ccccc65)cc3C43c4ccccc4Oc4ccccc43)n2)cc1. The molecule has 0 atom stereocenters. The second kappa shape index (κ2) is 12.3. The smallest absolute Gasteiger partial charge is 0.164 e. The van der Waals surface area contributed by atoms with Crippen molar-refractivity contribution in [3.05, 3.63) is 233 Å². The molecule has 4 nitrogen and oxygen atoms in total. The lowest BCUT2D eigenvalue weighted by molar-refractivity contribution is 0.436. The molecule has 0 bridgehead atoms. The Bertz CT molecular complexity index is 2920. The first kappa shape index (κ1) is 31.9. The van der Waals surface area contributed by atoms with Gasteiger partial charge < -0.3 is 4.74 Å². The van der Waals surface area contributed by atoms with Gasteiger partial charge >= 0.3 is 0 Å². The quantitative estimate of drug-likeness (QED) is 0.181. The zero-order valence-corrected chi connectivity index (χ0v) is 30.8. The third kappa shape index (κ3) is 4.65. The van der Waals surface area contributed by atoms with Crippen molar-refractivity contribution in [1.82, 2.24) is 15.0 Å². The van der Waals surface area contributed by atoms with Crippen LogP contribution in [-0.2, 0) is 5.41 Å². The van der Waals surface area contributed by atoms with Crippen molar-refractivity contribution in [2.24, 2.45) is 0 Å². The zero-order chi connectivity index (χ0) is 37.5. The van der Waals surface area contributed by atoms with Gasteiger partial charge in [0.25, 0.3) is 0 Å². The predicted molar refractivity (Wildman–Crippen MR) is 226 cm³/mol. The van der Waals surface area contributed by atoms with Crippen LogP contribution in [0.1, 0.15) is 44.9 Å². The summed E-state index contributed by atoms with van der Waals surface area (Å²) in [6.45, 7) is 0. The topological polar surface area (TPSA) is 47.9 Å². The molecule has 0 saturated carbocycles. The molecule has 1 aliphatic heterocycles. The molecule has 4 heteroatoms. The molecular weight excluding hydrogens is 695 g/mol. The Kier molecular flexibility index (Phi) is 6.87. The van der Waals surface area contributed by atoms with Gasteiger partial charge in [0, 0.05) is 33.7 Å². The van der Waals surface area contributed by atoms with Crippen molar-refractivity contribution in [2.75, 3.05) is 0 Å². The monoisotopic (exact) mass is 727 g/mol. The molecule has 2 aliphatic carbocycles. The van der Waals surface area contributed by atoms with E-state index in [1.807, 2.05) is 36.4 Å². The maximum absolute atomic E-state index is 6.69. The molecule has 9 aromatic rings. The van der Waals surface area contributed by atoms with Crippen LogP contribution in [0.3, 0.4) is 0 Å². The molecule has 0 amide bonds. The van der Waals surface area contributed by atoms with Crippen LogP contribution in [0.4, 0.5) is 0 Å². The molecule has 8 aromatic carbocycles. The van der Waals surface area contributed by atoms with E-state index in [-0.39, 0.29) is 5.92 Å². The van der Waals surface area contributed by atoms with E-state index in [0.717, 1.165) is 44.9 Å². The first-order valence-electron chi connectivity index (χ1n) is 19.5. The standard InChI is InChI=1S/C53H33N3O/c1-3-15-33(16-4-1)50-54-51(34-17-5-2-6-18-34)56-52(55-50)36-28-30-43-42(31-36)39-29-27-35(49-40-21-9-7-19-37(40)38-20-8-10-22-41(38)49)32-46(39)53(43)44-23-11-13-25-47(44)57-48-26-14-12-24-45(48)53/h1-32,49H. The zero-order valence-electron chi connectivity index (χ0n) is 30.8. The van der Waals surface area contributed by atoms with Crippen LogP contribution in [0.15, 0.2) is 194 Å². The fourth-order valence-electron chi connectivity index (χ4n) is 9.69. The van der Waals surface area contributed by atoms with Crippen LogP contribution < -0.4 is 4.74 Å². The Morgan fingerprint density at radius 2 is 0.860 bits per heavy atom. The molecule has 57 heavy (non-hydrogen) atoms. The number of benzene rings is 8. The van der Waals surface area contributed by atoms with E-state index in [1.165, 1.54) is 44.5 Å². The van der Waals surface area contributed by atoms with Crippen LogP contribution >= 0.6 is 0 Å². The number of fused-ring (bicyclic) bond motifs is 12. The largest absolute Gasteiger partial charge is 0.457 e. The molecule has 266 valence electrons. The summed E-state index contributed by atoms with van der Waals surface area (Å²) in [5, 5.41) is 0. The molecule has 0 radical (unpaired) electrons. The fraction of sp³-hybridized carbons (Fsp3) is 0.0377.